The van der Waals surface area contributed by atoms with Crippen LogP contribution in [0.1, 0.15) is 16.7 Å². The van der Waals surface area contributed by atoms with Gasteiger partial charge in [0.15, 0.2) is 12.6 Å². The van der Waals surface area contributed by atoms with Gasteiger partial charge in [0.1, 0.15) is 24.9 Å². The Labute approximate surface area is 231 Å². The van der Waals surface area contributed by atoms with E-state index >= 15 is 0 Å². The van der Waals surface area contributed by atoms with Crippen molar-refractivity contribution in [1.29, 1.82) is 0 Å². The molecule has 7 nitrogen and oxygen atoms in total. The predicted molar refractivity (Wildman–Crippen MR) is 148 cm³/mol. The number of ether oxygens (including phenoxy) is 7. The summed E-state index contributed by atoms with van der Waals surface area (Å²) in [4.78, 5) is 0. The van der Waals surface area contributed by atoms with E-state index in [2.05, 4.69) is 6.58 Å². The van der Waals surface area contributed by atoms with E-state index in [0.29, 0.717) is 25.4 Å². The van der Waals surface area contributed by atoms with Crippen LogP contribution in [-0.4, -0.2) is 58.3 Å². The maximum absolute atomic E-state index is 6.48. The van der Waals surface area contributed by atoms with Crippen LogP contribution in [-0.2, 0) is 53.0 Å². The van der Waals surface area contributed by atoms with Gasteiger partial charge in [-0.05, 0) is 16.7 Å². The molecule has 208 valence electrons. The molecule has 7 heteroatoms. The maximum Gasteiger partial charge on any atom is 0.182 e. The molecular weight excluding hydrogens is 496 g/mol. The van der Waals surface area contributed by atoms with Crippen molar-refractivity contribution in [2.45, 2.75) is 50.7 Å². The van der Waals surface area contributed by atoms with Crippen molar-refractivity contribution in [2.75, 3.05) is 27.4 Å². The zero-order chi connectivity index (χ0) is 27.3. The predicted octanol–water partition coefficient (Wildman–Crippen LogP) is 5.29. The van der Waals surface area contributed by atoms with Crippen molar-refractivity contribution in [3.63, 3.8) is 0 Å². The third kappa shape index (κ3) is 8.81. The topological polar surface area (TPSA) is 64.6 Å². The molecule has 4 atom stereocenters. The van der Waals surface area contributed by atoms with Crippen LogP contribution in [0.25, 0.3) is 0 Å². The second-order valence-corrected chi connectivity index (χ2v) is 9.29. The molecule has 0 N–H and O–H groups in total. The maximum atomic E-state index is 6.48. The summed E-state index contributed by atoms with van der Waals surface area (Å²) in [5.41, 5.74) is 3.81. The van der Waals surface area contributed by atoms with E-state index < -0.39 is 30.9 Å². The monoisotopic (exact) mass is 534 g/mol. The third-order valence-corrected chi connectivity index (χ3v) is 6.49. The first-order valence-electron chi connectivity index (χ1n) is 13.1. The van der Waals surface area contributed by atoms with Gasteiger partial charge < -0.3 is 33.2 Å². The van der Waals surface area contributed by atoms with E-state index in [9.17, 15) is 0 Å². The lowest BCUT2D eigenvalue weighted by Crippen LogP contribution is -2.54. The minimum absolute atomic E-state index is 0.162. The summed E-state index contributed by atoms with van der Waals surface area (Å²) in [5, 5.41) is 0. The molecule has 1 fully saturated rings. The minimum Gasteiger partial charge on any atom is -0.374 e. The summed E-state index contributed by atoms with van der Waals surface area (Å²) in [6, 6.07) is 30.1. The molecule has 4 rings (SSSR count). The second kappa shape index (κ2) is 15.6. The van der Waals surface area contributed by atoms with Crippen molar-refractivity contribution >= 4 is 0 Å². The van der Waals surface area contributed by atoms with Crippen LogP contribution in [0, 0.1) is 0 Å². The summed E-state index contributed by atoms with van der Waals surface area (Å²) in [6.07, 6.45) is -2.73. The summed E-state index contributed by atoms with van der Waals surface area (Å²) < 4.78 is 42.1. The highest BCUT2D eigenvalue weighted by molar-refractivity contribution is 5.18. The van der Waals surface area contributed by atoms with E-state index in [0.717, 1.165) is 16.7 Å². The van der Waals surface area contributed by atoms with Gasteiger partial charge in [-0.2, -0.15) is 0 Å². The largest absolute Gasteiger partial charge is 0.374 e. The molecule has 0 radical (unpaired) electrons. The lowest BCUT2D eigenvalue weighted by molar-refractivity contribution is -0.263. The molecule has 1 heterocycles. The molecule has 39 heavy (non-hydrogen) atoms. The lowest BCUT2D eigenvalue weighted by Gasteiger charge is -2.42. The Kier molecular flexibility index (Phi) is 11.7. The summed E-state index contributed by atoms with van der Waals surface area (Å²) in [6.45, 7) is 5.98. The Morgan fingerprint density at radius 1 is 0.692 bits per heavy atom. The molecule has 0 aliphatic carbocycles. The Bertz CT molecular complexity index is 1090. The molecule has 0 amide bonds. The fourth-order valence-corrected chi connectivity index (χ4v) is 4.33. The first-order chi connectivity index (χ1) is 19.2. The van der Waals surface area contributed by atoms with Gasteiger partial charge in [-0.15, -0.1) is 0 Å². The molecule has 0 unspecified atom stereocenters. The van der Waals surface area contributed by atoms with Crippen LogP contribution in [0.4, 0.5) is 0 Å². The highest BCUT2D eigenvalue weighted by Gasteiger charge is 2.44. The van der Waals surface area contributed by atoms with Crippen molar-refractivity contribution in [3.8, 4) is 0 Å². The van der Waals surface area contributed by atoms with Gasteiger partial charge >= 0.3 is 0 Å². The molecular formula is C32H38O7. The van der Waals surface area contributed by atoms with E-state index in [4.69, 9.17) is 33.2 Å². The van der Waals surface area contributed by atoms with E-state index in [-0.39, 0.29) is 13.2 Å². The van der Waals surface area contributed by atoms with Gasteiger partial charge in [-0.1, -0.05) is 97.6 Å². The Morgan fingerprint density at radius 3 is 1.74 bits per heavy atom. The smallest absolute Gasteiger partial charge is 0.182 e. The fourth-order valence-electron chi connectivity index (χ4n) is 4.33. The molecule has 0 spiro atoms. The Morgan fingerprint density at radius 2 is 1.21 bits per heavy atom. The SMILES string of the molecule is C=C1[C@@H](OCC(OC)OC)O[C@H](COCc2ccccc2)[C@H](OCc2ccccc2)[C@@H]1OCc1ccccc1. The molecule has 1 aliphatic heterocycles. The molecule has 3 aromatic carbocycles. The fraction of sp³-hybridized carbons (Fsp3) is 0.375. The highest BCUT2D eigenvalue weighted by Crippen LogP contribution is 2.32. The van der Waals surface area contributed by atoms with Crippen LogP contribution in [0.2, 0.25) is 0 Å². The zero-order valence-corrected chi connectivity index (χ0v) is 22.6. The number of hydrogen-bond donors (Lipinski definition) is 0. The average Bonchev–Trinajstić information content (AvgIpc) is 2.99. The van der Waals surface area contributed by atoms with Gasteiger partial charge in [-0.25, -0.2) is 0 Å². The van der Waals surface area contributed by atoms with E-state index in [1.165, 1.54) is 0 Å². The van der Waals surface area contributed by atoms with Crippen LogP contribution in [0.15, 0.2) is 103 Å². The molecule has 0 saturated carbocycles. The van der Waals surface area contributed by atoms with Crippen molar-refractivity contribution in [3.05, 3.63) is 120 Å². The van der Waals surface area contributed by atoms with E-state index in [1.54, 1.807) is 14.2 Å². The highest BCUT2D eigenvalue weighted by atomic mass is 16.7. The number of benzene rings is 3. The van der Waals surface area contributed by atoms with Crippen molar-refractivity contribution in [1.82, 2.24) is 0 Å². The van der Waals surface area contributed by atoms with Gasteiger partial charge in [-0.3, -0.25) is 0 Å². The van der Waals surface area contributed by atoms with Crippen LogP contribution in [0.5, 0.6) is 0 Å². The van der Waals surface area contributed by atoms with Crippen LogP contribution in [0.3, 0.4) is 0 Å². The minimum atomic E-state index is -0.750. The number of rotatable bonds is 15. The molecule has 0 bridgehead atoms. The van der Waals surface area contributed by atoms with Gasteiger partial charge in [0, 0.05) is 19.8 Å². The lowest BCUT2D eigenvalue weighted by atomic mass is 9.96. The number of methoxy groups -OCH3 is 2. The Balaban J connectivity index is 1.53. The third-order valence-electron chi connectivity index (χ3n) is 6.49. The Hall–Kier alpha value is -2.88. The first kappa shape index (κ1) is 29.1. The molecule has 1 saturated heterocycles. The van der Waals surface area contributed by atoms with Gasteiger partial charge in [0.25, 0.3) is 0 Å². The standard InChI is InChI=1S/C32H38O7/c1-24-30(36-20-26-15-9-5-10-16-26)31(37-21-27-17-11-6-12-18-27)28(22-35-19-25-13-7-4-8-14-25)39-32(24)38-23-29(33-2)34-3/h4-18,28-32H,1,19-23H2,2-3H3/t28-,30-,31+,32+/m1/s1. The van der Waals surface area contributed by atoms with Gasteiger partial charge in [0.05, 0.1) is 26.4 Å². The van der Waals surface area contributed by atoms with Crippen LogP contribution >= 0.6 is 0 Å². The average molecular weight is 535 g/mol. The summed E-state index contributed by atoms with van der Waals surface area (Å²) in [7, 11) is 3.13. The second-order valence-electron chi connectivity index (χ2n) is 9.29. The van der Waals surface area contributed by atoms with Crippen molar-refractivity contribution < 1.29 is 33.2 Å². The van der Waals surface area contributed by atoms with Gasteiger partial charge in [0.2, 0.25) is 0 Å². The molecule has 1 aliphatic rings. The first-order valence-corrected chi connectivity index (χ1v) is 13.1. The quantitative estimate of drug-likeness (QED) is 0.194. The summed E-state index contributed by atoms with van der Waals surface area (Å²) >= 11 is 0. The molecule has 3 aromatic rings. The zero-order valence-electron chi connectivity index (χ0n) is 22.6. The number of hydrogen-bond acceptors (Lipinski definition) is 7. The van der Waals surface area contributed by atoms with E-state index in [1.807, 2.05) is 91.0 Å². The summed E-state index contributed by atoms with van der Waals surface area (Å²) in [5.74, 6) is 0. The molecule has 0 aromatic heterocycles. The van der Waals surface area contributed by atoms with Crippen molar-refractivity contribution in [2.24, 2.45) is 0 Å². The normalized spacial score (nSPS) is 21.4. The van der Waals surface area contributed by atoms with Crippen LogP contribution < -0.4 is 0 Å².